The number of carbonyl (C=O) groups is 2. The van der Waals surface area contributed by atoms with E-state index in [4.69, 9.17) is 0 Å². The van der Waals surface area contributed by atoms with Crippen LogP contribution in [0.25, 0.3) is 0 Å². The fraction of sp³-hybridized carbons (Fsp3) is 0.810. The number of carbonyl (C=O) groups excluding carboxylic acids is 2. The number of ketones is 2. The lowest BCUT2D eigenvalue weighted by atomic mass is 9.50. The highest BCUT2D eigenvalue weighted by Gasteiger charge is 2.58. The van der Waals surface area contributed by atoms with Crippen molar-refractivity contribution in [2.45, 2.75) is 71.6 Å². The van der Waals surface area contributed by atoms with Crippen molar-refractivity contribution in [3.63, 3.8) is 0 Å². The lowest BCUT2D eigenvalue weighted by Crippen LogP contribution is -2.48. The van der Waals surface area contributed by atoms with Crippen LogP contribution in [0.15, 0.2) is 11.6 Å². The summed E-state index contributed by atoms with van der Waals surface area (Å²) in [7, 11) is 0. The van der Waals surface area contributed by atoms with Gasteiger partial charge in [0.15, 0.2) is 5.78 Å². The molecule has 6 atom stereocenters. The molecule has 4 aliphatic rings. The van der Waals surface area contributed by atoms with E-state index in [9.17, 15) is 9.59 Å². The molecule has 3 fully saturated rings. The van der Waals surface area contributed by atoms with Gasteiger partial charge < -0.3 is 0 Å². The summed E-state index contributed by atoms with van der Waals surface area (Å²) in [6, 6.07) is 0. The van der Waals surface area contributed by atoms with Crippen LogP contribution in [0.1, 0.15) is 71.6 Å². The number of Topliss-reactive ketones (excluding diaryl/α,β-unsaturated/α-hetero) is 1. The molecular formula is C21H30O2. The zero-order chi connectivity index (χ0) is 16.2. The van der Waals surface area contributed by atoms with Gasteiger partial charge in [-0.2, -0.15) is 0 Å². The molecule has 0 spiro atoms. The van der Waals surface area contributed by atoms with Crippen molar-refractivity contribution in [1.29, 1.82) is 0 Å². The third kappa shape index (κ3) is 2.20. The second kappa shape index (κ2) is 5.57. The molecule has 0 saturated heterocycles. The highest BCUT2D eigenvalue weighted by atomic mass is 16.1. The maximum absolute atomic E-state index is 12.2. The zero-order valence-electron chi connectivity index (χ0n) is 14.6. The number of hydrogen-bond acceptors (Lipinski definition) is 2. The van der Waals surface area contributed by atoms with Gasteiger partial charge >= 0.3 is 0 Å². The summed E-state index contributed by atoms with van der Waals surface area (Å²) in [5.74, 6) is 4.15. The van der Waals surface area contributed by atoms with E-state index in [1.54, 1.807) is 0 Å². The quantitative estimate of drug-likeness (QED) is 0.739. The minimum absolute atomic E-state index is 0.304. The maximum Gasteiger partial charge on any atom is 0.155 e. The molecule has 0 aromatic heterocycles. The third-order valence-corrected chi connectivity index (χ3v) is 8.17. The van der Waals surface area contributed by atoms with Crippen LogP contribution >= 0.6 is 0 Å². The summed E-state index contributed by atoms with van der Waals surface area (Å²) in [6.07, 6.45) is 12.3. The molecule has 3 saturated carbocycles. The molecule has 0 heterocycles. The van der Waals surface area contributed by atoms with Crippen LogP contribution in [0.2, 0.25) is 0 Å². The van der Waals surface area contributed by atoms with Crippen molar-refractivity contribution in [3.05, 3.63) is 11.6 Å². The molecule has 0 amide bonds. The van der Waals surface area contributed by atoms with E-state index in [1.807, 2.05) is 13.0 Å². The van der Waals surface area contributed by atoms with Gasteiger partial charge in [0.1, 0.15) is 5.78 Å². The summed E-state index contributed by atoms with van der Waals surface area (Å²) in [5.41, 5.74) is 1.77. The Morgan fingerprint density at radius 3 is 2.70 bits per heavy atom. The predicted octanol–water partition coefficient (Wildman–Crippen LogP) is 4.72. The Balaban J connectivity index is 1.64. The van der Waals surface area contributed by atoms with Crippen molar-refractivity contribution in [3.8, 4) is 0 Å². The normalized spacial score (nSPS) is 45.7. The van der Waals surface area contributed by atoms with E-state index in [0.717, 1.165) is 43.4 Å². The Hall–Kier alpha value is -0.920. The monoisotopic (exact) mass is 314 g/mol. The predicted molar refractivity (Wildman–Crippen MR) is 90.9 cm³/mol. The average Bonchev–Trinajstić information content (AvgIpc) is 2.94. The molecule has 4 rings (SSSR count). The van der Waals surface area contributed by atoms with Crippen LogP contribution in [0, 0.1) is 35.0 Å². The van der Waals surface area contributed by atoms with Crippen molar-refractivity contribution >= 4 is 11.6 Å². The number of fused-ring (bicyclic) bond motifs is 5. The molecule has 0 aromatic rings. The molecule has 0 aromatic carbocycles. The van der Waals surface area contributed by atoms with Crippen molar-refractivity contribution < 1.29 is 9.59 Å². The topological polar surface area (TPSA) is 34.1 Å². The fourth-order valence-electron chi connectivity index (χ4n) is 7.28. The molecule has 0 N–H and O–H groups in total. The third-order valence-electron chi connectivity index (χ3n) is 8.17. The Labute approximate surface area is 140 Å². The Morgan fingerprint density at radius 1 is 1.13 bits per heavy atom. The molecular weight excluding hydrogens is 284 g/mol. The minimum atomic E-state index is 0.304. The maximum atomic E-state index is 12.2. The second-order valence-electron chi connectivity index (χ2n) is 8.67. The molecule has 2 nitrogen and oxygen atoms in total. The fourth-order valence-corrected chi connectivity index (χ4v) is 7.28. The number of rotatable bonds is 2. The van der Waals surface area contributed by atoms with Gasteiger partial charge in [-0.15, -0.1) is 0 Å². The number of hydrogen-bond donors (Lipinski definition) is 0. The number of allylic oxidation sites excluding steroid dienone is 1. The van der Waals surface area contributed by atoms with Gasteiger partial charge in [0, 0.05) is 12.3 Å². The van der Waals surface area contributed by atoms with E-state index in [-0.39, 0.29) is 0 Å². The standard InChI is InChI=1S/C21H30O2/c1-3-21-11-10-17-16-7-5-15(23)12-14(16)4-6-18(17)20(21)9-8-19(21)13(2)22/h12,16-20H,3-11H2,1-2H3. The van der Waals surface area contributed by atoms with Gasteiger partial charge in [-0.3, -0.25) is 9.59 Å². The first-order valence-electron chi connectivity index (χ1n) is 9.80. The van der Waals surface area contributed by atoms with Crippen LogP contribution in [-0.4, -0.2) is 11.6 Å². The van der Waals surface area contributed by atoms with E-state index in [2.05, 4.69) is 6.92 Å². The first-order chi connectivity index (χ1) is 11.1. The zero-order valence-corrected chi connectivity index (χ0v) is 14.6. The van der Waals surface area contributed by atoms with Gasteiger partial charge in [-0.1, -0.05) is 12.5 Å². The molecule has 23 heavy (non-hydrogen) atoms. The lowest BCUT2D eigenvalue weighted by Gasteiger charge is -2.54. The van der Waals surface area contributed by atoms with Gasteiger partial charge in [-0.25, -0.2) is 0 Å². The summed E-state index contributed by atoms with van der Waals surface area (Å²) in [4.78, 5) is 24.0. The van der Waals surface area contributed by atoms with Gasteiger partial charge in [0.05, 0.1) is 0 Å². The Bertz CT molecular complexity index is 560. The molecule has 0 radical (unpaired) electrons. The molecule has 4 aliphatic carbocycles. The molecule has 0 bridgehead atoms. The van der Waals surface area contributed by atoms with Crippen LogP contribution in [0.3, 0.4) is 0 Å². The highest BCUT2D eigenvalue weighted by molar-refractivity contribution is 5.91. The van der Waals surface area contributed by atoms with Crippen molar-refractivity contribution in [2.75, 3.05) is 0 Å². The first-order valence-corrected chi connectivity index (χ1v) is 9.80. The second-order valence-corrected chi connectivity index (χ2v) is 8.67. The van der Waals surface area contributed by atoms with Gasteiger partial charge in [0.25, 0.3) is 0 Å². The minimum Gasteiger partial charge on any atom is -0.300 e. The van der Waals surface area contributed by atoms with E-state index < -0.39 is 0 Å². The van der Waals surface area contributed by atoms with Crippen molar-refractivity contribution in [2.24, 2.45) is 35.0 Å². The Kier molecular flexibility index (Phi) is 3.77. The van der Waals surface area contributed by atoms with Crippen molar-refractivity contribution in [1.82, 2.24) is 0 Å². The Morgan fingerprint density at radius 2 is 1.96 bits per heavy atom. The summed E-state index contributed by atoms with van der Waals surface area (Å²) in [5, 5.41) is 0. The van der Waals surface area contributed by atoms with E-state index >= 15 is 0 Å². The van der Waals surface area contributed by atoms with E-state index in [1.165, 1.54) is 37.7 Å². The summed E-state index contributed by atoms with van der Waals surface area (Å²) < 4.78 is 0. The average molecular weight is 314 g/mol. The molecule has 6 unspecified atom stereocenters. The van der Waals surface area contributed by atoms with Crippen LogP contribution < -0.4 is 0 Å². The smallest absolute Gasteiger partial charge is 0.155 e. The first kappa shape index (κ1) is 15.6. The van der Waals surface area contributed by atoms with E-state index in [0.29, 0.717) is 28.8 Å². The molecule has 2 heteroatoms. The molecule has 126 valence electrons. The SMILES string of the molecule is CCC12CCC3C4CCC(=O)C=C4CCC3C1CCC2C(C)=O. The van der Waals surface area contributed by atoms with Gasteiger partial charge in [0.2, 0.25) is 0 Å². The van der Waals surface area contributed by atoms with Gasteiger partial charge in [-0.05, 0) is 93.5 Å². The van der Waals surface area contributed by atoms with Crippen LogP contribution in [-0.2, 0) is 9.59 Å². The van der Waals surface area contributed by atoms with Crippen LogP contribution in [0.4, 0.5) is 0 Å². The largest absolute Gasteiger partial charge is 0.300 e. The lowest BCUT2D eigenvalue weighted by molar-refractivity contribution is -0.128. The van der Waals surface area contributed by atoms with Crippen LogP contribution in [0.5, 0.6) is 0 Å². The highest BCUT2D eigenvalue weighted by Crippen LogP contribution is 2.65. The molecule has 0 aliphatic heterocycles. The summed E-state index contributed by atoms with van der Waals surface area (Å²) >= 11 is 0. The summed E-state index contributed by atoms with van der Waals surface area (Å²) in [6.45, 7) is 4.15.